The third-order valence-corrected chi connectivity index (χ3v) is 9.27. The molecule has 0 N–H and O–H groups in total. The monoisotopic (exact) mass is 634 g/mol. The molecule has 7 rings (SSSR count). The van der Waals surface area contributed by atoms with Gasteiger partial charge in [-0.05, 0) is 83.1 Å². The molecule has 1 aliphatic carbocycles. The van der Waals surface area contributed by atoms with Crippen molar-refractivity contribution in [1.29, 1.82) is 0 Å². The van der Waals surface area contributed by atoms with Gasteiger partial charge in [-0.1, -0.05) is 87.9 Å². The number of halogens is 1. The van der Waals surface area contributed by atoms with Crippen molar-refractivity contribution in [3.05, 3.63) is 155 Å². The number of ether oxygens (including phenoxy) is 2. The lowest BCUT2D eigenvalue weighted by molar-refractivity contribution is 0.306. The van der Waals surface area contributed by atoms with E-state index in [2.05, 4.69) is 46.3 Å². The minimum atomic E-state index is -0.248. The number of nitrogens with zero attached hydrogens (tertiary/aromatic N) is 2. The summed E-state index contributed by atoms with van der Waals surface area (Å²) < 4.78 is 15.2. The molecule has 5 nitrogen and oxygen atoms in total. The quantitative estimate of drug-likeness (QED) is 0.210. The number of fused-ring (bicyclic) bond motifs is 3. The summed E-state index contributed by atoms with van der Waals surface area (Å²) in [5.41, 5.74) is 7.57. The average Bonchev–Trinajstić information content (AvgIpc) is 3.33. The Morgan fingerprint density at radius 2 is 1.76 bits per heavy atom. The highest BCUT2D eigenvalue weighted by molar-refractivity contribution is 9.10. The van der Waals surface area contributed by atoms with E-state index in [0.717, 1.165) is 56.8 Å². The van der Waals surface area contributed by atoms with Crippen LogP contribution in [0.4, 0.5) is 0 Å². The zero-order valence-electron chi connectivity index (χ0n) is 22.9. The molecule has 0 bridgehead atoms. The predicted molar refractivity (Wildman–Crippen MR) is 171 cm³/mol. The third-order valence-electron chi connectivity index (χ3n) is 7.76. The van der Waals surface area contributed by atoms with Crippen molar-refractivity contribution in [1.82, 2.24) is 4.57 Å². The lowest BCUT2D eigenvalue weighted by atomic mass is 9.83. The first-order valence-electron chi connectivity index (χ1n) is 13.8. The van der Waals surface area contributed by atoms with Crippen molar-refractivity contribution in [2.75, 3.05) is 7.11 Å². The topological polar surface area (TPSA) is 52.8 Å². The molecule has 0 spiro atoms. The third kappa shape index (κ3) is 5.03. The van der Waals surface area contributed by atoms with Crippen molar-refractivity contribution in [2.24, 2.45) is 4.99 Å². The van der Waals surface area contributed by atoms with Gasteiger partial charge >= 0.3 is 0 Å². The fraction of sp³-hybridized carbons (Fsp3) is 0.143. The summed E-state index contributed by atoms with van der Waals surface area (Å²) in [6.45, 7) is 0.465. The van der Waals surface area contributed by atoms with Gasteiger partial charge in [0.05, 0.1) is 23.4 Å². The van der Waals surface area contributed by atoms with Gasteiger partial charge < -0.3 is 9.47 Å². The average molecular weight is 636 g/mol. The number of thiazole rings is 1. The Balaban J connectivity index is 1.31. The zero-order valence-corrected chi connectivity index (χ0v) is 25.3. The molecule has 4 aromatic carbocycles. The fourth-order valence-electron chi connectivity index (χ4n) is 5.73. The van der Waals surface area contributed by atoms with E-state index in [0.29, 0.717) is 15.9 Å². The van der Waals surface area contributed by atoms with Gasteiger partial charge in [-0.2, -0.15) is 0 Å². The van der Waals surface area contributed by atoms with E-state index in [1.54, 1.807) is 7.11 Å². The van der Waals surface area contributed by atoms with E-state index in [4.69, 9.17) is 14.5 Å². The second-order valence-electron chi connectivity index (χ2n) is 10.4. The minimum Gasteiger partial charge on any atom is -0.497 e. The lowest BCUT2D eigenvalue weighted by Gasteiger charge is -2.31. The molecule has 0 saturated heterocycles. The van der Waals surface area contributed by atoms with Gasteiger partial charge in [0.1, 0.15) is 18.1 Å². The number of allylic oxidation sites excluding steroid dienone is 1. The zero-order chi connectivity index (χ0) is 28.6. The van der Waals surface area contributed by atoms with Crippen LogP contribution in [-0.4, -0.2) is 11.7 Å². The maximum Gasteiger partial charge on any atom is 0.271 e. The maximum absolute atomic E-state index is 14.1. The molecule has 0 radical (unpaired) electrons. The summed E-state index contributed by atoms with van der Waals surface area (Å²) in [6, 6.07) is 32.2. The Labute approximate surface area is 255 Å². The van der Waals surface area contributed by atoms with Gasteiger partial charge in [0.2, 0.25) is 0 Å². The van der Waals surface area contributed by atoms with Crippen LogP contribution in [0.25, 0.3) is 11.8 Å². The number of hydrogen-bond acceptors (Lipinski definition) is 5. The maximum atomic E-state index is 14.1. The molecular formula is C35H27BrN2O3S. The van der Waals surface area contributed by atoms with Crippen LogP contribution in [0, 0.1) is 0 Å². The highest BCUT2D eigenvalue weighted by Crippen LogP contribution is 2.41. The Morgan fingerprint density at radius 3 is 2.62 bits per heavy atom. The van der Waals surface area contributed by atoms with Crippen LogP contribution in [0.5, 0.6) is 11.5 Å². The molecule has 0 fully saturated rings. The molecular weight excluding hydrogens is 608 g/mol. The molecule has 1 aliphatic heterocycles. The number of aryl methyl sites for hydroxylation is 1. The molecule has 7 heteroatoms. The SMILES string of the molecule is COc1cccc([C@H]2C3=C(N=c4s/c(=C\c5cccc(OCc6ccc(Br)cc6)c5)c(=O)n42)c2ccccc2CC3)c1. The van der Waals surface area contributed by atoms with Crippen LogP contribution < -0.4 is 24.4 Å². The van der Waals surface area contributed by atoms with E-state index in [1.807, 2.05) is 77.4 Å². The molecule has 5 aromatic rings. The first-order valence-corrected chi connectivity index (χ1v) is 15.4. The summed E-state index contributed by atoms with van der Waals surface area (Å²) in [6.07, 6.45) is 3.71. The van der Waals surface area contributed by atoms with Crippen molar-refractivity contribution >= 4 is 39.0 Å². The Hall–Kier alpha value is -4.20. The summed E-state index contributed by atoms with van der Waals surface area (Å²) >= 11 is 4.90. The highest BCUT2D eigenvalue weighted by atomic mass is 79.9. The molecule has 0 unspecified atom stereocenters. The van der Waals surface area contributed by atoms with Crippen molar-refractivity contribution in [3.63, 3.8) is 0 Å². The van der Waals surface area contributed by atoms with E-state index in [9.17, 15) is 4.79 Å². The van der Waals surface area contributed by atoms with E-state index < -0.39 is 0 Å². The van der Waals surface area contributed by atoms with Crippen molar-refractivity contribution < 1.29 is 9.47 Å². The highest BCUT2D eigenvalue weighted by Gasteiger charge is 2.32. The first-order chi connectivity index (χ1) is 20.6. The minimum absolute atomic E-state index is 0.0434. The predicted octanol–water partition coefficient (Wildman–Crippen LogP) is 6.67. The van der Waals surface area contributed by atoms with Crippen LogP contribution in [0.2, 0.25) is 0 Å². The van der Waals surface area contributed by atoms with Crippen molar-refractivity contribution in [2.45, 2.75) is 25.5 Å². The number of aromatic nitrogens is 1. The molecule has 208 valence electrons. The summed E-state index contributed by atoms with van der Waals surface area (Å²) in [4.78, 5) is 19.9. The van der Waals surface area contributed by atoms with Crippen LogP contribution >= 0.6 is 27.3 Å². The summed E-state index contributed by atoms with van der Waals surface area (Å²) in [5, 5.41) is 0. The summed E-state index contributed by atoms with van der Waals surface area (Å²) in [7, 11) is 1.67. The second-order valence-corrected chi connectivity index (χ2v) is 12.3. The molecule has 42 heavy (non-hydrogen) atoms. The standard InChI is InChI=1S/C35H27BrN2O3S/c1-40-27-9-5-8-25(20-27)33-30-17-14-24-7-2-3-11-29(24)32(30)37-35-38(33)34(39)31(42-35)19-23-6-4-10-28(18-23)41-21-22-12-15-26(36)16-13-22/h2-13,15-16,18-20,33H,14,17,21H2,1H3/b31-19-/t33-/m0/s1. The number of rotatable bonds is 6. The van der Waals surface area contributed by atoms with Gasteiger partial charge in [0.25, 0.3) is 5.56 Å². The van der Waals surface area contributed by atoms with Crippen molar-refractivity contribution in [3.8, 4) is 11.5 Å². The van der Waals surface area contributed by atoms with Gasteiger partial charge in [-0.25, -0.2) is 4.99 Å². The van der Waals surface area contributed by atoms with Gasteiger partial charge in [-0.15, -0.1) is 0 Å². The fourth-order valence-corrected chi connectivity index (χ4v) is 6.99. The van der Waals surface area contributed by atoms with Gasteiger partial charge in [-0.3, -0.25) is 9.36 Å². The van der Waals surface area contributed by atoms with E-state index in [-0.39, 0.29) is 11.6 Å². The second kappa shape index (κ2) is 11.2. The smallest absolute Gasteiger partial charge is 0.271 e. The van der Waals surface area contributed by atoms with E-state index in [1.165, 1.54) is 22.5 Å². The Bertz CT molecular complexity index is 2020. The van der Waals surface area contributed by atoms with E-state index >= 15 is 0 Å². The molecule has 0 amide bonds. The largest absolute Gasteiger partial charge is 0.497 e. The van der Waals surface area contributed by atoms with Crippen LogP contribution in [0.1, 0.15) is 40.3 Å². The van der Waals surface area contributed by atoms with Crippen LogP contribution in [-0.2, 0) is 13.0 Å². The van der Waals surface area contributed by atoms with Gasteiger partial charge in [0.15, 0.2) is 4.80 Å². The Kier molecular flexibility index (Phi) is 7.14. The molecule has 1 atom stereocenters. The summed E-state index contributed by atoms with van der Waals surface area (Å²) in [5.74, 6) is 1.52. The first kappa shape index (κ1) is 26.7. The molecule has 2 aliphatic rings. The van der Waals surface area contributed by atoms with Crippen LogP contribution in [0.15, 0.2) is 117 Å². The molecule has 2 heterocycles. The molecule has 0 saturated carbocycles. The number of benzene rings is 4. The number of hydrogen-bond donors (Lipinski definition) is 0. The lowest BCUT2D eigenvalue weighted by Crippen LogP contribution is -2.38. The number of methoxy groups -OCH3 is 1. The van der Waals surface area contributed by atoms with Gasteiger partial charge in [0, 0.05) is 10.0 Å². The normalized spacial score (nSPS) is 15.9. The Morgan fingerprint density at radius 1 is 0.952 bits per heavy atom. The van der Waals surface area contributed by atoms with Crippen LogP contribution in [0.3, 0.4) is 0 Å². The molecule has 1 aromatic heterocycles.